The van der Waals surface area contributed by atoms with Crippen LogP contribution < -0.4 is 15.8 Å². The fraction of sp³-hybridized carbons (Fsp3) is 0.333. The maximum atomic E-state index is 11.9. The SMILES string of the molecule is CCOC(=O)COc1ccc(CCNC(=O)c2coc(CN)c2)cc1. The van der Waals surface area contributed by atoms with Crippen molar-refractivity contribution in [3.05, 3.63) is 53.5 Å². The Bertz CT molecular complexity index is 694. The third-order valence-electron chi connectivity index (χ3n) is 3.40. The molecule has 0 aliphatic heterocycles. The van der Waals surface area contributed by atoms with Gasteiger partial charge in [-0.25, -0.2) is 4.79 Å². The number of rotatable bonds is 9. The Labute approximate surface area is 146 Å². The fourth-order valence-corrected chi connectivity index (χ4v) is 2.13. The molecule has 0 atom stereocenters. The summed E-state index contributed by atoms with van der Waals surface area (Å²) in [5, 5.41) is 2.82. The van der Waals surface area contributed by atoms with Gasteiger partial charge in [-0.2, -0.15) is 0 Å². The maximum Gasteiger partial charge on any atom is 0.344 e. The molecule has 0 saturated heterocycles. The molecule has 7 heteroatoms. The zero-order chi connectivity index (χ0) is 18.1. The number of benzene rings is 1. The molecule has 1 heterocycles. The molecule has 7 nitrogen and oxygen atoms in total. The van der Waals surface area contributed by atoms with E-state index in [1.165, 1.54) is 6.26 Å². The second-order valence-corrected chi connectivity index (χ2v) is 5.25. The summed E-state index contributed by atoms with van der Waals surface area (Å²) in [7, 11) is 0. The lowest BCUT2D eigenvalue weighted by Gasteiger charge is -2.07. The zero-order valence-corrected chi connectivity index (χ0v) is 14.1. The monoisotopic (exact) mass is 346 g/mol. The zero-order valence-electron chi connectivity index (χ0n) is 14.1. The van der Waals surface area contributed by atoms with Crippen LogP contribution in [0.2, 0.25) is 0 Å². The van der Waals surface area contributed by atoms with E-state index in [0.29, 0.717) is 36.6 Å². The summed E-state index contributed by atoms with van der Waals surface area (Å²) in [6.07, 6.45) is 2.07. The predicted molar refractivity (Wildman–Crippen MR) is 91.2 cm³/mol. The molecule has 0 radical (unpaired) electrons. The molecule has 1 amide bonds. The first kappa shape index (κ1) is 18.5. The van der Waals surface area contributed by atoms with Gasteiger partial charge < -0.3 is 24.9 Å². The van der Waals surface area contributed by atoms with E-state index in [-0.39, 0.29) is 19.1 Å². The van der Waals surface area contributed by atoms with Gasteiger partial charge in [0.05, 0.1) is 18.7 Å². The molecule has 2 rings (SSSR count). The molecule has 0 bridgehead atoms. The van der Waals surface area contributed by atoms with Crippen LogP contribution in [0.5, 0.6) is 5.75 Å². The quantitative estimate of drug-likeness (QED) is 0.669. The molecule has 0 saturated carbocycles. The largest absolute Gasteiger partial charge is 0.482 e. The van der Waals surface area contributed by atoms with Crippen molar-refractivity contribution in [2.75, 3.05) is 19.8 Å². The molecule has 0 unspecified atom stereocenters. The molecular weight excluding hydrogens is 324 g/mol. The first-order valence-electron chi connectivity index (χ1n) is 8.05. The van der Waals surface area contributed by atoms with Gasteiger partial charge in [0.15, 0.2) is 6.61 Å². The van der Waals surface area contributed by atoms with Gasteiger partial charge in [-0.1, -0.05) is 12.1 Å². The van der Waals surface area contributed by atoms with Crippen molar-refractivity contribution >= 4 is 11.9 Å². The minimum Gasteiger partial charge on any atom is -0.482 e. The van der Waals surface area contributed by atoms with Crippen molar-refractivity contribution in [3.8, 4) is 5.75 Å². The summed E-state index contributed by atoms with van der Waals surface area (Å²) >= 11 is 0. The average Bonchev–Trinajstić information content (AvgIpc) is 3.10. The topological polar surface area (TPSA) is 104 Å². The molecule has 0 spiro atoms. The van der Waals surface area contributed by atoms with Gasteiger partial charge in [-0.05, 0) is 37.1 Å². The van der Waals surface area contributed by atoms with Gasteiger partial charge >= 0.3 is 5.97 Å². The number of hydrogen-bond donors (Lipinski definition) is 2. The van der Waals surface area contributed by atoms with Gasteiger partial charge in [0.25, 0.3) is 5.91 Å². The first-order valence-corrected chi connectivity index (χ1v) is 8.05. The number of carbonyl (C=O) groups excluding carboxylic acids is 2. The van der Waals surface area contributed by atoms with E-state index < -0.39 is 5.97 Å². The Kier molecular flexibility index (Phi) is 7.03. The number of carbonyl (C=O) groups is 2. The Hall–Kier alpha value is -2.80. The van der Waals surface area contributed by atoms with Crippen molar-refractivity contribution in [3.63, 3.8) is 0 Å². The van der Waals surface area contributed by atoms with Gasteiger partial charge in [0, 0.05) is 6.54 Å². The van der Waals surface area contributed by atoms with Crippen LogP contribution in [0.1, 0.15) is 28.6 Å². The highest BCUT2D eigenvalue weighted by Crippen LogP contribution is 2.12. The molecule has 1 aromatic heterocycles. The van der Waals surface area contributed by atoms with E-state index >= 15 is 0 Å². The third kappa shape index (κ3) is 5.96. The van der Waals surface area contributed by atoms with E-state index in [4.69, 9.17) is 19.6 Å². The van der Waals surface area contributed by atoms with E-state index in [9.17, 15) is 9.59 Å². The lowest BCUT2D eigenvalue weighted by Crippen LogP contribution is -2.25. The molecular formula is C18H22N2O5. The highest BCUT2D eigenvalue weighted by molar-refractivity contribution is 5.93. The van der Waals surface area contributed by atoms with Crippen molar-refractivity contribution in [1.29, 1.82) is 0 Å². The number of hydrogen-bond acceptors (Lipinski definition) is 6. The number of furan rings is 1. The van der Waals surface area contributed by atoms with E-state index in [1.807, 2.05) is 12.1 Å². The minimum atomic E-state index is -0.397. The fourth-order valence-electron chi connectivity index (χ4n) is 2.13. The van der Waals surface area contributed by atoms with Crippen molar-refractivity contribution in [1.82, 2.24) is 5.32 Å². The van der Waals surface area contributed by atoms with Crippen molar-refractivity contribution in [2.24, 2.45) is 5.73 Å². The van der Waals surface area contributed by atoms with Crippen LogP contribution in [-0.2, 0) is 22.5 Å². The van der Waals surface area contributed by atoms with Crippen LogP contribution in [0.25, 0.3) is 0 Å². The van der Waals surface area contributed by atoms with Gasteiger partial charge in [-0.3, -0.25) is 4.79 Å². The van der Waals surface area contributed by atoms with Crippen LogP contribution in [0.4, 0.5) is 0 Å². The summed E-state index contributed by atoms with van der Waals surface area (Å²) in [6.45, 7) is 2.72. The highest BCUT2D eigenvalue weighted by atomic mass is 16.6. The molecule has 134 valence electrons. The third-order valence-corrected chi connectivity index (χ3v) is 3.40. The lowest BCUT2D eigenvalue weighted by molar-refractivity contribution is -0.145. The molecule has 0 aliphatic carbocycles. The predicted octanol–water partition coefficient (Wildman–Crippen LogP) is 1.65. The smallest absolute Gasteiger partial charge is 0.344 e. The van der Waals surface area contributed by atoms with Gasteiger partial charge in [-0.15, -0.1) is 0 Å². The molecule has 2 aromatic rings. The number of ether oxygens (including phenoxy) is 2. The van der Waals surface area contributed by atoms with Crippen LogP contribution in [0.3, 0.4) is 0 Å². The van der Waals surface area contributed by atoms with E-state index in [1.54, 1.807) is 25.1 Å². The minimum absolute atomic E-state index is 0.112. The highest BCUT2D eigenvalue weighted by Gasteiger charge is 2.09. The number of amides is 1. The summed E-state index contributed by atoms with van der Waals surface area (Å²) in [5.41, 5.74) is 6.94. The molecule has 3 N–H and O–H groups in total. The van der Waals surface area contributed by atoms with Gasteiger partial charge in [0.1, 0.15) is 17.8 Å². The summed E-state index contributed by atoms with van der Waals surface area (Å²) < 4.78 is 15.2. The second-order valence-electron chi connectivity index (χ2n) is 5.25. The Morgan fingerprint density at radius 3 is 2.64 bits per heavy atom. The van der Waals surface area contributed by atoms with Crippen LogP contribution in [0, 0.1) is 0 Å². The van der Waals surface area contributed by atoms with E-state index in [2.05, 4.69) is 5.32 Å². The van der Waals surface area contributed by atoms with Crippen LogP contribution in [0.15, 0.2) is 41.0 Å². The van der Waals surface area contributed by atoms with Crippen LogP contribution in [-0.4, -0.2) is 31.6 Å². The molecule has 0 aliphatic rings. The number of nitrogens with one attached hydrogen (secondary N) is 1. The average molecular weight is 346 g/mol. The van der Waals surface area contributed by atoms with E-state index in [0.717, 1.165) is 5.56 Å². The van der Waals surface area contributed by atoms with Gasteiger partial charge in [0.2, 0.25) is 0 Å². The summed E-state index contributed by atoms with van der Waals surface area (Å²) in [4.78, 5) is 23.2. The summed E-state index contributed by atoms with van der Waals surface area (Å²) in [5.74, 6) is 0.571. The molecule has 1 aromatic carbocycles. The second kappa shape index (κ2) is 9.48. The Morgan fingerprint density at radius 1 is 1.24 bits per heavy atom. The number of nitrogens with two attached hydrogens (primary N) is 1. The lowest BCUT2D eigenvalue weighted by atomic mass is 10.1. The van der Waals surface area contributed by atoms with Crippen molar-refractivity contribution < 1.29 is 23.5 Å². The first-order chi connectivity index (χ1) is 12.1. The standard InChI is InChI=1S/C18H22N2O5/c1-2-23-17(21)12-25-15-5-3-13(4-6-15)7-8-20-18(22)14-9-16(10-19)24-11-14/h3-6,9,11H,2,7-8,10,12,19H2,1H3,(H,20,22). The van der Waals surface area contributed by atoms with Crippen molar-refractivity contribution in [2.45, 2.75) is 19.9 Å². The normalized spacial score (nSPS) is 10.3. The van der Waals surface area contributed by atoms with Crippen LogP contribution >= 0.6 is 0 Å². The number of esters is 1. The molecule has 0 fully saturated rings. The summed E-state index contributed by atoms with van der Waals surface area (Å²) in [6, 6.07) is 8.96. The Morgan fingerprint density at radius 2 is 2.00 bits per heavy atom. The Balaban J connectivity index is 1.73. The maximum absolute atomic E-state index is 11.9. The molecule has 25 heavy (non-hydrogen) atoms.